The number of amides is 1. The SMILES string of the molecule is CCC(C)C(C)(O)CNC(=O)Cc1coc(-c2cccs2)n1. The summed E-state index contributed by atoms with van der Waals surface area (Å²) >= 11 is 1.54. The number of hydrogen-bond acceptors (Lipinski definition) is 5. The lowest BCUT2D eigenvalue weighted by atomic mass is 9.88. The number of nitrogens with zero attached hydrogens (tertiary/aromatic N) is 1. The summed E-state index contributed by atoms with van der Waals surface area (Å²) < 4.78 is 5.38. The van der Waals surface area contributed by atoms with Gasteiger partial charge in [0, 0.05) is 6.54 Å². The molecule has 2 aromatic rings. The summed E-state index contributed by atoms with van der Waals surface area (Å²) in [5, 5.41) is 15.0. The zero-order valence-corrected chi connectivity index (χ0v) is 13.9. The van der Waals surface area contributed by atoms with E-state index in [1.807, 2.05) is 31.4 Å². The van der Waals surface area contributed by atoms with Crippen LogP contribution in [0, 0.1) is 5.92 Å². The fourth-order valence-corrected chi connectivity index (χ4v) is 2.68. The lowest BCUT2D eigenvalue weighted by Crippen LogP contribution is -2.45. The lowest BCUT2D eigenvalue weighted by molar-refractivity contribution is -0.122. The van der Waals surface area contributed by atoms with E-state index in [0.29, 0.717) is 11.6 Å². The van der Waals surface area contributed by atoms with Crippen molar-refractivity contribution >= 4 is 17.2 Å². The monoisotopic (exact) mass is 322 g/mol. The summed E-state index contributed by atoms with van der Waals surface area (Å²) in [4.78, 5) is 17.2. The Hall–Kier alpha value is -1.66. The van der Waals surface area contributed by atoms with Gasteiger partial charge in [0.2, 0.25) is 11.8 Å². The molecule has 2 unspecified atom stereocenters. The Kier molecular flexibility index (Phi) is 5.37. The second-order valence-corrected chi connectivity index (χ2v) is 6.69. The molecule has 6 heteroatoms. The third-order valence-corrected chi connectivity index (χ3v) is 4.80. The van der Waals surface area contributed by atoms with Crippen molar-refractivity contribution in [3.63, 3.8) is 0 Å². The minimum atomic E-state index is -0.906. The average Bonchev–Trinajstić information content (AvgIpc) is 3.15. The van der Waals surface area contributed by atoms with Crippen LogP contribution in [0.15, 0.2) is 28.2 Å². The molecule has 0 saturated carbocycles. The molecule has 120 valence electrons. The lowest BCUT2D eigenvalue weighted by Gasteiger charge is -2.29. The molecular weight excluding hydrogens is 300 g/mol. The van der Waals surface area contributed by atoms with Crippen LogP contribution in [0.25, 0.3) is 10.8 Å². The fraction of sp³-hybridized carbons (Fsp3) is 0.500. The number of aromatic nitrogens is 1. The molecule has 2 N–H and O–H groups in total. The maximum Gasteiger partial charge on any atom is 0.236 e. The van der Waals surface area contributed by atoms with E-state index in [1.54, 1.807) is 6.92 Å². The van der Waals surface area contributed by atoms with Crippen LogP contribution in [0.2, 0.25) is 0 Å². The van der Waals surface area contributed by atoms with E-state index in [-0.39, 0.29) is 24.8 Å². The molecule has 0 fully saturated rings. The number of carbonyl (C=O) groups is 1. The Morgan fingerprint density at radius 3 is 3.00 bits per heavy atom. The molecule has 2 atom stereocenters. The summed E-state index contributed by atoms with van der Waals surface area (Å²) in [6.07, 6.45) is 2.50. The van der Waals surface area contributed by atoms with Gasteiger partial charge in [0.25, 0.3) is 0 Å². The second kappa shape index (κ2) is 7.07. The Morgan fingerprint density at radius 1 is 1.59 bits per heavy atom. The summed E-state index contributed by atoms with van der Waals surface area (Å²) in [7, 11) is 0. The quantitative estimate of drug-likeness (QED) is 0.822. The molecule has 1 amide bonds. The largest absolute Gasteiger partial charge is 0.444 e. The second-order valence-electron chi connectivity index (χ2n) is 5.74. The molecule has 0 aromatic carbocycles. The average molecular weight is 322 g/mol. The van der Waals surface area contributed by atoms with Crippen molar-refractivity contribution in [1.82, 2.24) is 10.3 Å². The van der Waals surface area contributed by atoms with Gasteiger partial charge in [-0.05, 0) is 24.3 Å². The van der Waals surface area contributed by atoms with E-state index in [0.717, 1.165) is 11.3 Å². The number of hydrogen-bond donors (Lipinski definition) is 2. The number of oxazole rings is 1. The minimum Gasteiger partial charge on any atom is -0.444 e. The van der Waals surface area contributed by atoms with Crippen molar-refractivity contribution in [3.8, 4) is 10.8 Å². The first-order valence-corrected chi connectivity index (χ1v) is 8.27. The predicted octanol–water partition coefficient (Wildman–Crippen LogP) is 2.86. The van der Waals surface area contributed by atoms with Gasteiger partial charge >= 0.3 is 0 Å². The van der Waals surface area contributed by atoms with Crippen LogP contribution in [0.1, 0.15) is 32.9 Å². The van der Waals surface area contributed by atoms with E-state index >= 15 is 0 Å². The Labute approximate surface area is 134 Å². The molecule has 0 radical (unpaired) electrons. The smallest absolute Gasteiger partial charge is 0.236 e. The maximum atomic E-state index is 12.0. The fourth-order valence-electron chi connectivity index (χ4n) is 2.02. The summed E-state index contributed by atoms with van der Waals surface area (Å²) in [5.41, 5.74) is -0.319. The molecule has 0 saturated heterocycles. The normalized spacial score (nSPS) is 15.3. The van der Waals surface area contributed by atoms with Crippen molar-refractivity contribution in [2.45, 2.75) is 39.2 Å². The number of aliphatic hydroxyl groups is 1. The number of carbonyl (C=O) groups excluding carboxylic acids is 1. The third kappa shape index (κ3) is 4.18. The highest BCUT2D eigenvalue weighted by Crippen LogP contribution is 2.23. The predicted molar refractivity (Wildman–Crippen MR) is 86.6 cm³/mol. The maximum absolute atomic E-state index is 12.0. The van der Waals surface area contributed by atoms with Crippen molar-refractivity contribution in [1.29, 1.82) is 0 Å². The van der Waals surface area contributed by atoms with Crippen molar-refractivity contribution in [2.75, 3.05) is 6.54 Å². The number of thiophene rings is 1. The van der Waals surface area contributed by atoms with E-state index in [2.05, 4.69) is 10.3 Å². The van der Waals surface area contributed by atoms with E-state index in [9.17, 15) is 9.90 Å². The van der Waals surface area contributed by atoms with Gasteiger partial charge in [-0.3, -0.25) is 4.79 Å². The summed E-state index contributed by atoms with van der Waals surface area (Å²) in [6, 6.07) is 3.84. The first-order chi connectivity index (χ1) is 10.4. The Balaban J connectivity index is 1.88. The van der Waals surface area contributed by atoms with E-state index in [1.165, 1.54) is 17.6 Å². The molecule has 0 aliphatic carbocycles. The van der Waals surface area contributed by atoms with E-state index < -0.39 is 5.60 Å². The highest BCUT2D eigenvalue weighted by Gasteiger charge is 2.27. The van der Waals surface area contributed by atoms with Gasteiger partial charge in [0.05, 0.1) is 22.6 Å². The zero-order valence-electron chi connectivity index (χ0n) is 13.1. The van der Waals surface area contributed by atoms with Crippen LogP contribution in [0.5, 0.6) is 0 Å². The van der Waals surface area contributed by atoms with Gasteiger partial charge in [0.1, 0.15) is 6.26 Å². The molecule has 0 aliphatic heterocycles. The molecule has 0 bridgehead atoms. The summed E-state index contributed by atoms with van der Waals surface area (Å²) in [5.74, 6) is 0.476. The Bertz CT molecular complexity index is 605. The number of rotatable bonds is 7. The molecule has 0 spiro atoms. The van der Waals surface area contributed by atoms with Crippen LogP contribution in [0.3, 0.4) is 0 Å². The summed E-state index contributed by atoms with van der Waals surface area (Å²) in [6.45, 7) is 5.96. The van der Waals surface area contributed by atoms with Gasteiger partial charge in [0.15, 0.2) is 0 Å². The molecule has 22 heavy (non-hydrogen) atoms. The van der Waals surface area contributed by atoms with Crippen LogP contribution in [0.4, 0.5) is 0 Å². The van der Waals surface area contributed by atoms with Crippen molar-refractivity contribution in [3.05, 3.63) is 29.5 Å². The standard InChI is InChI=1S/C16H22N2O3S/c1-4-11(2)16(3,20)10-17-14(19)8-12-9-21-15(18-12)13-6-5-7-22-13/h5-7,9,11,20H,4,8,10H2,1-3H3,(H,17,19). The highest BCUT2D eigenvalue weighted by molar-refractivity contribution is 7.13. The molecular formula is C16H22N2O3S. The molecule has 0 aliphatic rings. The Morgan fingerprint density at radius 2 is 2.36 bits per heavy atom. The van der Waals surface area contributed by atoms with Crippen LogP contribution >= 0.6 is 11.3 Å². The first-order valence-electron chi connectivity index (χ1n) is 7.39. The van der Waals surface area contributed by atoms with Crippen LogP contribution in [-0.4, -0.2) is 28.1 Å². The molecule has 2 heterocycles. The number of nitrogens with one attached hydrogen (secondary N) is 1. The minimum absolute atomic E-state index is 0.116. The first kappa shape index (κ1) is 16.7. The van der Waals surface area contributed by atoms with Gasteiger partial charge in [-0.1, -0.05) is 26.3 Å². The topological polar surface area (TPSA) is 75.4 Å². The van der Waals surface area contributed by atoms with Gasteiger partial charge in [-0.25, -0.2) is 4.98 Å². The van der Waals surface area contributed by atoms with Crippen LogP contribution in [-0.2, 0) is 11.2 Å². The zero-order chi connectivity index (χ0) is 16.2. The molecule has 5 nitrogen and oxygen atoms in total. The van der Waals surface area contributed by atoms with Gasteiger partial charge in [-0.2, -0.15) is 0 Å². The van der Waals surface area contributed by atoms with Gasteiger partial charge in [-0.15, -0.1) is 11.3 Å². The van der Waals surface area contributed by atoms with Crippen molar-refractivity contribution < 1.29 is 14.3 Å². The van der Waals surface area contributed by atoms with Crippen LogP contribution < -0.4 is 5.32 Å². The van der Waals surface area contributed by atoms with E-state index in [4.69, 9.17) is 4.42 Å². The highest BCUT2D eigenvalue weighted by atomic mass is 32.1. The van der Waals surface area contributed by atoms with Gasteiger partial charge < -0.3 is 14.8 Å². The van der Waals surface area contributed by atoms with Crippen molar-refractivity contribution in [2.24, 2.45) is 5.92 Å². The third-order valence-electron chi connectivity index (χ3n) is 3.94. The molecule has 2 rings (SSSR count). The molecule has 2 aromatic heterocycles.